The highest BCUT2D eigenvalue weighted by Crippen LogP contribution is 2.45. The van der Waals surface area contributed by atoms with Gasteiger partial charge in [-0.05, 0) is 57.2 Å². The molecule has 1 atom stereocenters. The number of nitrogens with two attached hydrogens (primary N) is 1. The van der Waals surface area contributed by atoms with Gasteiger partial charge in [0.2, 0.25) is 0 Å². The average molecular weight is 466 g/mol. The van der Waals surface area contributed by atoms with E-state index in [9.17, 15) is 13.2 Å². The smallest absolute Gasteiger partial charge is 0.377 e. The van der Waals surface area contributed by atoms with Gasteiger partial charge in [0.1, 0.15) is 5.82 Å². The van der Waals surface area contributed by atoms with Gasteiger partial charge in [-0.2, -0.15) is 28.1 Å². The van der Waals surface area contributed by atoms with Gasteiger partial charge in [-0.3, -0.25) is 5.10 Å². The van der Waals surface area contributed by atoms with Crippen LogP contribution in [-0.2, 0) is 4.74 Å². The van der Waals surface area contributed by atoms with Crippen LogP contribution in [0.4, 0.5) is 19.0 Å². The molecule has 4 heterocycles. The SMILES string of the molecule is CC1COCCN1c1cc(C2CCC(C(F)(F)F)CC2)c2cnn(-c3ccn[nH]3)c2n1.CN. The zero-order valence-corrected chi connectivity index (χ0v) is 18.8. The molecule has 0 bridgehead atoms. The first-order valence-electron chi connectivity index (χ1n) is 11.3. The standard InChI is InChI=1S/C21H25F3N6O.CH5N/c1-13-12-31-9-8-29(13)19-10-16(14-2-4-15(5-3-14)21(22,23)24)17-11-26-30(20(17)27-19)18-6-7-25-28-18;1-2/h6-7,10-11,13-15H,2-5,8-9,12H2,1H3,(H,25,28);2H2,1H3. The Bertz CT molecular complexity index is 1040. The number of H-pyrrole nitrogens is 1. The predicted octanol–water partition coefficient (Wildman–Crippen LogP) is 3.78. The van der Waals surface area contributed by atoms with Crippen molar-refractivity contribution in [2.75, 3.05) is 31.7 Å². The summed E-state index contributed by atoms with van der Waals surface area (Å²) in [5, 5.41) is 12.3. The van der Waals surface area contributed by atoms with Crippen LogP contribution in [0.2, 0.25) is 0 Å². The molecule has 5 rings (SSSR count). The van der Waals surface area contributed by atoms with Crippen LogP contribution >= 0.6 is 0 Å². The van der Waals surface area contributed by atoms with Crippen LogP contribution in [-0.4, -0.2) is 64.0 Å². The maximum Gasteiger partial charge on any atom is 0.391 e. The topological polar surface area (TPSA) is 97.9 Å². The summed E-state index contributed by atoms with van der Waals surface area (Å²) in [5.41, 5.74) is 6.22. The van der Waals surface area contributed by atoms with Crippen molar-refractivity contribution in [2.45, 2.75) is 50.7 Å². The number of anilines is 1. The van der Waals surface area contributed by atoms with Crippen LogP contribution in [0.15, 0.2) is 24.5 Å². The zero-order valence-electron chi connectivity index (χ0n) is 18.8. The number of hydrogen-bond donors (Lipinski definition) is 2. The van der Waals surface area contributed by atoms with Crippen LogP contribution in [0.1, 0.15) is 44.1 Å². The van der Waals surface area contributed by atoms with Crippen molar-refractivity contribution in [1.29, 1.82) is 0 Å². The minimum absolute atomic E-state index is 0.0543. The molecule has 0 spiro atoms. The third-order valence-corrected chi connectivity index (χ3v) is 6.57. The molecule has 1 unspecified atom stereocenters. The summed E-state index contributed by atoms with van der Waals surface area (Å²) in [6, 6.07) is 4.03. The molecule has 2 aliphatic rings. The summed E-state index contributed by atoms with van der Waals surface area (Å²) in [4.78, 5) is 7.12. The number of hydrogen-bond acceptors (Lipinski definition) is 6. The maximum atomic E-state index is 13.2. The molecule has 3 N–H and O–H groups in total. The summed E-state index contributed by atoms with van der Waals surface area (Å²) in [5.74, 6) is 0.366. The lowest BCUT2D eigenvalue weighted by molar-refractivity contribution is -0.182. The molecule has 3 aromatic rings. The molecule has 3 aromatic heterocycles. The first-order chi connectivity index (χ1) is 15.9. The number of fused-ring (bicyclic) bond motifs is 1. The van der Waals surface area contributed by atoms with Gasteiger partial charge in [0.15, 0.2) is 11.5 Å². The molecule has 1 aliphatic heterocycles. The van der Waals surface area contributed by atoms with Crippen molar-refractivity contribution in [2.24, 2.45) is 11.7 Å². The number of alkyl halides is 3. The van der Waals surface area contributed by atoms with Crippen molar-refractivity contribution in [3.05, 3.63) is 30.1 Å². The molecule has 180 valence electrons. The van der Waals surface area contributed by atoms with E-state index in [0.29, 0.717) is 37.5 Å². The third-order valence-electron chi connectivity index (χ3n) is 6.57. The van der Waals surface area contributed by atoms with Gasteiger partial charge in [-0.1, -0.05) is 0 Å². The van der Waals surface area contributed by atoms with E-state index in [1.54, 1.807) is 17.1 Å². The quantitative estimate of drug-likeness (QED) is 0.611. The normalized spacial score (nSPS) is 23.9. The molecule has 1 saturated carbocycles. The van der Waals surface area contributed by atoms with Gasteiger partial charge in [0, 0.05) is 18.0 Å². The summed E-state index contributed by atoms with van der Waals surface area (Å²) < 4.78 is 46.8. The van der Waals surface area contributed by atoms with E-state index in [1.165, 1.54) is 7.05 Å². The molecule has 11 heteroatoms. The number of nitrogens with one attached hydrogen (secondary N) is 1. The van der Waals surface area contributed by atoms with Crippen molar-refractivity contribution >= 4 is 16.9 Å². The Morgan fingerprint density at radius 1 is 1.18 bits per heavy atom. The highest BCUT2D eigenvalue weighted by Gasteiger charge is 2.42. The van der Waals surface area contributed by atoms with Crippen LogP contribution in [0.3, 0.4) is 0 Å². The minimum atomic E-state index is -4.11. The minimum Gasteiger partial charge on any atom is -0.377 e. The highest BCUT2D eigenvalue weighted by molar-refractivity contribution is 5.83. The van der Waals surface area contributed by atoms with Crippen molar-refractivity contribution in [3.63, 3.8) is 0 Å². The van der Waals surface area contributed by atoms with E-state index >= 15 is 0 Å². The number of morpholine rings is 1. The van der Waals surface area contributed by atoms with Gasteiger partial charge in [-0.25, -0.2) is 4.98 Å². The lowest BCUT2D eigenvalue weighted by Crippen LogP contribution is -2.44. The summed E-state index contributed by atoms with van der Waals surface area (Å²) in [6.45, 7) is 4.05. The van der Waals surface area contributed by atoms with Crippen LogP contribution in [0.5, 0.6) is 0 Å². The predicted molar refractivity (Wildman–Crippen MR) is 120 cm³/mol. The van der Waals surface area contributed by atoms with Crippen LogP contribution < -0.4 is 10.6 Å². The first kappa shape index (κ1) is 23.5. The Balaban J connectivity index is 0.00000126. The fraction of sp³-hybridized carbons (Fsp3) is 0.591. The molecule has 1 saturated heterocycles. The molecule has 2 fully saturated rings. The van der Waals surface area contributed by atoms with E-state index in [2.05, 4.69) is 38.9 Å². The summed E-state index contributed by atoms with van der Waals surface area (Å²) >= 11 is 0. The van der Waals surface area contributed by atoms with Crippen LogP contribution in [0, 0.1) is 5.92 Å². The van der Waals surface area contributed by atoms with Crippen molar-refractivity contribution in [1.82, 2.24) is 25.0 Å². The Morgan fingerprint density at radius 2 is 1.94 bits per heavy atom. The number of aromatic nitrogens is 5. The Labute approximate surface area is 190 Å². The number of nitrogens with zero attached hydrogens (tertiary/aromatic N) is 5. The molecule has 8 nitrogen and oxygen atoms in total. The number of aromatic amines is 1. The molecule has 33 heavy (non-hydrogen) atoms. The van der Waals surface area contributed by atoms with Crippen molar-refractivity contribution in [3.8, 4) is 5.82 Å². The molecule has 0 amide bonds. The zero-order chi connectivity index (χ0) is 23.6. The second-order valence-corrected chi connectivity index (χ2v) is 8.51. The Kier molecular flexibility index (Phi) is 6.89. The molecule has 0 aromatic carbocycles. The lowest BCUT2D eigenvalue weighted by Gasteiger charge is -2.35. The molecular weight excluding hydrogens is 435 g/mol. The fourth-order valence-electron chi connectivity index (χ4n) is 4.84. The Morgan fingerprint density at radius 3 is 2.58 bits per heavy atom. The monoisotopic (exact) mass is 465 g/mol. The van der Waals surface area contributed by atoms with E-state index in [-0.39, 0.29) is 24.8 Å². The second-order valence-electron chi connectivity index (χ2n) is 8.51. The number of ether oxygens (including phenoxy) is 1. The fourth-order valence-corrected chi connectivity index (χ4v) is 4.84. The third kappa shape index (κ3) is 4.70. The second kappa shape index (κ2) is 9.68. The van der Waals surface area contributed by atoms with Gasteiger partial charge >= 0.3 is 6.18 Å². The maximum absolute atomic E-state index is 13.2. The number of halogens is 3. The van der Waals surface area contributed by atoms with E-state index in [4.69, 9.17) is 9.72 Å². The van der Waals surface area contributed by atoms with E-state index in [1.807, 2.05) is 6.07 Å². The largest absolute Gasteiger partial charge is 0.391 e. The first-order valence-corrected chi connectivity index (χ1v) is 11.3. The van der Waals surface area contributed by atoms with E-state index < -0.39 is 12.1 Å². The van der Waals surface area contributed by atoms with Crippen molar-refractivity contribution < 1.29 is 17.9 Å². The summed E-state index contributed by atoms with van der Waals surface area (Å²) in [6.07, 6.45) is 0.647. The number of pyridine rings is 1. The summed E-state index contributed by atoms with van der Waals surface area (Å²) in [7, 11) is 1.50. The molecular formula is C22H30F3N7O. The molecule has 1 aliphatic carbocycles. The highest BCUT2D eigenvalue weighted by atomic mass is 19.4. The Hall–Kier alpha value is -2.66. The van der Waals surface area contributed by atoms with Gasteiger partial charge in [0.05, 0.1) is 37.6 Å². The van der Waals surface area contributed by atoms with Gasteiger partial charge in [-0.15, -0.1) is 0 Å². The molecule has 0 radical (unpaired) electrons. The number of rotatable bonds is 3. The lowest BCUT2D eigenvalue weighted by atomic mass is 9.78. The van der Waals surface area contributed by atoms with Gasteiger partial charge in [0.25, 0.3) is 0 Å². The average Bonchev–Trinajstić information content (AvgIpc) is 3.49. The van der Waals surface area contributed by atoms with Crippen LogP contribution in [0.25, 0.3) is 16.9 Å². The van der Waals surface area contributed by atoms with E-state index in [0.717, 1.165) is 23.3 Å². The van der Waals surface area contributed by atoms with Gasteiger partial charge < -0.3 is 15.4 Å².